The average Bonchev–Trinajstić information content (AvgIpc) is 3.29. The lowest BCUT2D eigenvalue weighted by Gasteiger charge is -2.13. The smallest absolute Gasteiger partial charge is 0.269 e. The molecule has 0 atom stereocenters. The number of hydrogen-bond acceptors (Lipinski definition) is 7. The number of nitriles is 1. The first-order valence-electron chi connectivity index (χ1n) is 10.3. The van der Waals surface area contributed by atoms with Crippen LogP contribution in [0, 0.1) is 17.1 Å². The van der Waals surface area contributed by atoms with E-state index in [-0.39, 0.29) is 16.2 Å². The Kier molecular flexibility index (Phi) is 6.67. The minimum atomic E-state index is -4.00. The first-order chi connectivity index (χ1) is 16.4. The molecule has 3 heterocycles. The largest absolute Gasteiger partial charge is 0.366 e. The monoisotopic (exact) mass is 476 g/mol. The third-order valence-corrected chi connectivity index (χ3v) is 6.74. The van der Waals surface area contributed by atoms with Crippen LogP contribution in [0.5, 0.6) is 0 Å². The fraction of sp³-hybridized carbons (Fsp3) is 0.125. The van der Waals surface area contributed by atoms with E-state index < -0.39 is 15.8 Å². The average molecular weight is 477 g/mol. The van der Waals surface area contributed by atoms with Crippen LogP contribution in [0.1, 0.15) is 16.7 Å². The molecular weight excluding hydrogens is 455 g/mol. The molecule has 10 heteroatoms. The van der Waals surface area contributed by atoms with Crippen molar-refractivity contribution in [2.45, 2.75) is 18.0 Å². The summed E-state index contributed by atoms with van der Waals surface area (Å²) in [6.45, 7) is 0.738. The molecule has 4 rings (SSSR count). The summed E-state index contributed by atoms with van der Waals surface area (Å²) in [4.78, 5) is 8.08. The van der Waals surface area contributed by atoms with E-state index in [1.54, 1.807) is 37.4 Å². The fourth-order valence-corrected chi connectivity index (χ4v) is 4.80. The summed E-state index contributed by atoms with van der Waals surface area (Å²) in [6.07, 6.45) is 5.69. The van der Waals surface area contributed by atoms with E-state index >= 15 is 0 Å². The molecule has 0 saturated heterocycles. The van der Waals surface area contributed by atoms with Crippen LogP contribution in [-0.4, -0.2) is 29.4 Å². The van der Waals surface area contributed by atoms with Gasteiger partial charge in [0.15, 0.2) is 0 Å². The molecule has 0 bridgehead atoms. The maximum absolute atomic E-state index is 15.0. The maximum atomic E-state index is 15.0. The second kappa shape index (κ2) is 9.82. The molecule has 0 amide bonds. The van der Waals surface area contributed by atoms with E-state index in [1.165, 1.54) is 43.0 Å². The number of hydrogen-bond donors (Lipinski definition) is 2. The van der Waals surface area contributed by atoms with E-state index in [0.717, 1.165) is 9.54 Å². The van der Waals surface area contributed by atoms with E-state index in [4.69, 9.17) is 5.26 Å². The number of halogens is 1. The molecule has 4 aromatic rings. The van der Waals surface area contributed by atoms with Gasteiger partial charge < -0.3 is 10.6 Å². The lowest BCUT2D eigenvalue weighted by atomic mass is 10.1. The molecule has 8 nitrogen and oxygen atoms in total. The molecule has 0 aliphatic carbocycles. The van der Waals surface area contributed by atoms with Gasteiger partial charge in [0.25, 0.3) is 10.0 Å². The van der Waals surface area contributed by atoms with E-state index in [2.05, 4.69) is 20.6 Å². The highest BCUT2D eigenvalue weighted by molar-refractivity contribution is 7.90. The summed E-state index contributed by atoms with van der Waals surface area (Å²) in [6, 6.07) is 14.5. The number of aromatic nitrogens is 3. The molecule has 0 radical (unpaired) electrons. The predicted molar refractivity (Wildman–Crippen MR) is 126 cm³/mol. The number of pyridine rings is 2. The van der Waals surface area contributed by atoms with Crippen molar-refractivity contribution in [2.24, 2.45) is 0 Å². The zero-order chi connectivity index (χ0) is 24.1. The van der Waals surface area contributed by atoms with Crippen molar-refractivity contribution in [3.8, 4) is 17.3 Å². The van der Waals surface area contributed by atoms with Crippen LogP contribution in [0.2, 0.25) is 0 Å². The molecule has 0 fully saturated rings. The van der Waals surface area contributed by atoms with Crippen molar-refractivity contribution in [3.63, 3.8) is 0 Å². The summed E-state index contributed by atoms with van der Waals surface area (Å²) in [7, 11) is -2.25. The normalized spacial score (nSPS) is 11.2. The Hall–Kier alpha value is -4.07. The molecule has 0 unspecified atom stereocenters. The molecular formula is C24H21FN6O2S. The van der Waals surface area contributed by atoms with Crippen LogP contribution in [0.3, 0.4) is 0 Å². The zero-order valence-corrected chi connectivity index (χ0v) is 19.1. The molecule has 0 saturated carbocycles. The Labute approximate surface area is 196 Å². The van der Waals surface area contributed by atoms with Crippen molar-refractivity contribution in [2.75, 3.05) is 12.4 Å². The number of nitrogens with one attached hydrogen (secondary N) is 2. The second-order valence-corrected chi connectivity index (χ2v) is 9.28. The highest BCUT2D eigenvalue weighted by Gasteiger charge is 2.23. The molecule has 0 spiro atoms. The Bertz CT molecular complexity index is 1450. The highest BCUT2D eigenvalue weighted by Crippen LogP contribution is 2.30. The molecule has 0 aliphatic heterocycles. The quantitative estimate of drug-likeness (QED) is 0.400. The van der Waals surface area contributed by atoms with E-state index in [9.17, 15) is 12.8 Å². The van der Waals surface area contributed by atoms with Crippen molar-refractivity contribution in [1.82, 2.24) is 19.3 Å². The summed E-state index contributed by atoms with van der Waals surface area (Å²) in [5.41, 5.74) is 2.23. The van der Waals surface area contributed by atoms with Crippen molar-refractivity contribution in [3.05, 3.63) is 95.8 Å². The summed E-state index contributed by atoms with van der Waals surface area (Å²) < 4.78 is 42.7. The first-order valence-corrected chi connectivity index (χ1v) is 11.8. The van der Waals surface area contributed by atoms with Gasteiger partial charge in [-0.15, -0.1) is 0 Å². The second-order valence-electron chi connectivity index (χ2n) is 7.47. The maximum Gasteiger partial charge on any atom is 0.269 e. The molecule has 34 heavy (non-hydrogen) atoms. The van der Waals surface area contributed by atoms with Crippen molar-refractivity contribution in [1.29, 1.82) is 5.26 Å². The molecule has 3 aromatic heterocycles. The molecule has 0 aliphatic rings. The molecule has 172 valence electrons. The highest BCUT2D eigenvalue weighted by atomic mass is 32.2. The van der Waals surface area contributed by atoms with Gasteiger partial charge in [-0.05, 0) is 60.6 Å². The third kappa shape index (κ3) is 4.80. The molecule has 1 aromatic carbocycles. The number of rotatable bonds is 8. The summed E-state index contributed by atoms with van der Waals surface area (Å²) in [5.74, 6) is 0.0145. The van der Waals surface area contributed by atoms with Gasteiger partial charge in [0.1, 0.15) is 22.6 Å². The predicted octanol–water partition coefficient (Wildman–Crippen LogP) is 3.52. The number of nitrogens with zero attached hydrogens (tertiary/aromatic N) is 4. The Morgan fingerprint density at radius 2 is 1.94 bits per heavy atom. The van der Waals surface area contributed by atoms with Gasteiger partial charge >= 0.3 is 0 Å². The Morgan fingerprint density at radius 3 is 2.62 bits per heavy atom. The minimum absolute atomic E-state index is 0.00739. The van der Waals surface area contributed by atoms with Gasteiger partial charge in [-0.3, -0.25) is 4.98 Å². The van der Waals surface area contributed by atoms with Gasteiger partial charge in [0.2, 0.25) is 0 Å². The fourth-order valence-electron chi connectivity index (χ4n) is 3.44. The van der Waals surface area contributed by atoms with E-state index in [1.807, 2.05) is 6.07 Å². The molecule has 2 N–H and O–H groups in total. The first kappa shape index (κ1) is 23.1. The van der Waals surface area contributed by atoms with Crippen molar-refractivity contribution >= 4 is 15.8 Å². The third-order valence-electron chi connectivity index (χ3n) is 5.09. The van der Waals surface area contributed by atoms with Crippen molar-refractivity contribution < 1.29 is 12.8 Å². The summed E-state index contributed by atoms with van der Waals surface area (Å²) in [5, 5.41) is 15.0. The zero-order valence-electron chi connectivity index (χ0n) is 18.2. The van der Waals surface area contributed by atoms with Gasteiger partial charge in [-0.25, -0.2) is 21.8 Å². The van der Waals surface area contributed by atoms with Crippen LogP contribution in [0.4, 0.5) is 10.2 Å². The lowest BCUT2D eigenvalue weighted by molar-refractivity contribution is 0.587. The SMILES string of the molecule is CNCc1cc(-c2cc(CNc3ccc(C#N)cn3)ccc2F)n(S(=O)(=O)c2cccnc2)c1. The number of benzene rings is 1. The Balaban J connectivity index is 1.71. The lowest BCUT2D eigenvalue weighted by Crippen LogP contribution is -2.14. The van der Waals surface area contributed by atoms with E-state index in [0.29, 0.717) is 30.0 Å². The van der Waals surface area contributed by atoms with Crippen LogP contribution >= 0.6 is 0 Å². The summed E-state index contributed by atoms with van der Waals surface area (Å²) >= 11 is 0. The van der Waals surface area contributed by atoms with Gasteiger partial charge in [0.05, 0.1) is 11.3 Å². The van der Waals surface area contributed by atoms with Gasteiger partial charge in [-0.2, -0.15) is 5.26 Å². The number of anilines is 1. The van der Waals surface area contributed by atoms with Crippen LogP contribution in [0.15, 0.2) is 78.2 Å². The van der Waals surface area contributed by atoms with Crippen LogP contribution in [-0.2, 0) is 23.1 Å². The topological polar surface area (TPSA) is 113 Å². The Morgan fingerprint density at radius 1 is 1.09 bits per heavy atom. The minimum Gasteiger partial charge on any atom is -0.366 e. The van der Waals surface area contributed by atoms with Gasteiger partial charge in [0, 0.05) is 43.4 Å². The van der Waals surface area contributed by atoms with Crippen LogP contribution in [0.25, 0.3) is 11.3 Å². The standard InChI is InChI=1S/C24H21FN6O2S/c1-27-12-19-10-23(31(16-19)34(32,33)20-3-2-8-28-15-20)21-9-17(4-6-22(21)25)13-29-24-7-5-18(11-26)14-30-24/h2-10,14-16,27H,12-13H2,1H3,(H,29,30). The van der Waals surface area contributed by atoms with Gasteiger partial charge in [-0.1, -0.05) is 6.07 Å². The van der Waals surface area contributed by atoms with Crippen LogP contribution < -0.4 is 10.6 Å².